The van der Waals surface area contributed by atoms with Crippen LogP contribution < -0.4 is 0 Å². The number of rotatable bonds is 45. The second-order valence-corrected chi connectivity index (χ2v) is 20.1. The Bertz CT molecular complexity index is 1310. The van der Waals surface area contributed by atoms with E-state index in [2.05, 4.69) is 44.2 Å². The van der Waals surface area contributed by atoms with Gasteiger partial charge in [-0.25, -0.2) is 4.57 Å². The van der Waals surface area contributed by atoms with Gasteiger partial charge < -0.3 is 39.9 Å². The Hall–Kier alpha value is -1.93. The minimum absolute atomic E-state index is 0.0693. The number of phosphoric ester groups is 1. The molecule has 0 heterocycles. The van der Waals surface area contributed by atoms with Gasteiger partial charge in [-0.1, -0.05) is 185 Å². The predicted octanol–water partition coefficient (Wildman–Crippen LogP) is 11.7. The number of esters is 2. The first kappa shape index (κ1) is 63.1. The van der Waals surface area contributed by atoms with Gasteiger partial charge in [-0.2, -0.15) is 0 Å². The van der Waals surface area contributed by atoms with Crippen molar-refractivity contribution in [3.8, 4) is 0 Å². The monoisotopic (exact) mass is 973 g/mol. The molecule has 0 saturated heterocycles. The highest BCUT2D eigenvalue weighted by molar-refractivity contribution is 7.47. The molecule has 0 aromatic rings. The van der Waals surface area contributed by atoms with E-state index in [1.807, 2.05) is 6.08 Å². The maximum Gasteiger partial charge on any atom is 0.472 e. The van der Waals surface area contributed by atoms with E-state index in [1.165, 1.54) is 141 Å². The van der Waals surface area contributed by atoms with Crippen molar-refractivity contribution < 1.29 is 63.1 Å². The van der Waals surface area contributed by atoms with E-state index in [-0.39, 0.29) is 12.8 Å². The van der Waals surface area contributed by atoms with Crippen molar-refractivity contribution in [3.05, 3.63) is 36.5 Å². The lowest BCUT2D eigenvalue weighted by Gasteiger charge is -2.41. The third-order valence-corrected chi connectivity index (χ3v) is 13.4. The number of aliphatic hydroxyl groups excluding tert-OH is 5. The quantitative estimate of drug-likeness (QED) is 0.0145. The number of carbonyl (C=O) groups excluding carboxylic acids is 2. The van der Waals surface area contributed by atoms with Crippen molar-refractivity contribution in [2.75, 3.05) is 13.2 Å². The Morgan fingerprint density at radius 3 is 1.22 bits per heavy atom. The molecule has 1 fully saturated rings. The molecule has 1 aliphatic carbocycles. The summed E-state index contributed by atoms with van der Waals surface area (Å²) in [6.45, 7) is 3.28. The number of phosphoric acid groups is 1. The number of carbonyl (C=O) groups is 2. The molecule has 0 bridgehead atoms. The van der Waals surface area contributed by atoms with Crippen LogP contribution in [0.4, 0.5) is 0 Å². The fraction of sp³-hybridized carbons (Fsp3) is 0.849. The largest absolute Gasteiger partial charge is 0.472 e. The van der Waals surface area contributed by atoms with Crippen LogP contribution in [0.1, 0.15) is 232 Å². The van der Waals surface area contributed by atoms with Crippen molar-refractivity contribution in [1.29, 1.82) is 0 Å². The smallest absolute Gasteiger partial charge is 0.462 e. The average Bonchev–Trinajstić information content (AvgIpc) is 3.31. The number of unbranched alkanes of at least 4 members (excludes halogenated alkanes) is 27. The Labute approximate surface area is 406 Å². The molecule has 67 heavy (non-hydrogen) atoms. The van der Waals surface area contributed by atoms with Gasteiger partial charge in [-0.15, -0.1) is 0 Å². The summed E-state index contributed by atoms with van der Waals surface area (Å²) < 4.78 is 33.6. The summed E-state index contributed by atoms with van der Waals surface area (Å²) in [4.78, 5) is 35.8. The predicted molar refractivity (Wildman–Crippen MR) is 267 cm³/mol. The van der Waals surface area contributed by atoms with E-state index in [4.69, 9.17) is 18.5 Å². The van der Waals surface area contributed by atoms with Crippen LogP contribution in [0.25, 0.3) is 0 Å². The third-order valence-electron chi connectivity index (χ3n) is 12.4. The summed E-state index contributed by atoms with van der Waals surface area (Å²) >= 11 is 0. The lowest BCUT2D eigenvalue weighted by molar-refractivity contribution is -0.220. The summed E-state index contributed by atoms with van der Waals surface area (Å²) in [5.41, 5.74) is 0. The summed E-state index contributed by atoms with van der Waals surface area (Å²) in [7, 11) is -5.13. The molecule has 392 valence electrons. The molecule has 6 unspecified atom stereocenters. The zero-order valence-electron chi connectivity index (χ0n) is 41.9. The zero-order chi connectivity index (χ0) is 49.2. The Balaban J connectivity index is 2.39. The van der Waals surface area contributed by atoms with Gasteiger partial charge in [-0.05, 0) is 70.6 Å². The highest BCUT2D eigenvalue weighted by atomic mass is 31.2. The highest BCUT2D eigenvalue weighted by Crippen LogP contribution is 2.47. The molecular weight excluding hydrogens is 876 g/mol. The van der Waals surface area contributed by atoms with Gasteiger partial charge in [0.1, 0.15) is 43.2 Å². The van der Waals surface area contributed by atoms with Crippen molar-refractivity contribution in [2.24, 2.45) is 0 Å². The van der Waals surface area contributed by atoms with Crippen LogP contribution in [0.5, 0.6) is 0 Å². The van der Waals surface area contributed by atoms with Crippen LogP contribution in [0, 0.1) is 0 Å². The van der Waals surface area contributed by atoms with E-state index in [9.17, 15) is 44.6 Å². The van der Waals surface area contributed by atoms with Crippen LogP contribution in [-0.4, -0.2) is 98.3 Å². The SMILES string of the molecule is CCCCCCCCCC/C=C/CCCCCC(=O)O[C@@H](COC(=O)CCC/C=C/CC/C=C/CCCCCCCCCCCCCCCC)COP(=O)(O)OC1C(O)C(O)C(O)[C@H](O)C1O. The van der Waals surface area contributed by atoms with Gasteiger partial charge in [0.15, 0.2) is 6.10 Å². The molecule has 1 rings (SSSR count). The van der Waals surface area contributed by atoms with Gasteiger partial charge in [0.2, 0.25) is 0 Å². The van der Waals surface area contributed by atoms with Gasteiger partial charge in [0, 0.05) is 12.8 Å². The van der Waals surface area contributed by atoms with Gasteiger partial charge in [0.05, 0.1) is 6.61 Å². The van der Waals surface area contributed by atoms with E-state index in [0.29, 0.717) is 19.3 Å². The second-order valence-electron chi connectivity index (χ2n) is 18.7. The molecule has 0 radical (unpaired) electrons. The first-order valence-electron chi connectivity index (χ1n) is 26.8. The van der Waals surface area contributed by atoms with Crippen LogP contribution >= 0.6 is 7.82 Å². The minimum Gasteiger partial charge on any atom is -0.462 e. The Morgan fingerprint density at radius 1 is 0.448 bits per heavy atom. The Morgan fingerprint density at radius 2 is 0.791 bits per heavy atom. The van der Waals surface area contributed by atoms with Crippen molar-refractivity contribution in [2.45, 2.75) is 275 Å². The van der Waals surface area contributed by atoms with Crippen molar-refractivity contribution in [3.63, 3.8) is 0 Å². The molecule has 0 aromatic heterocycles. The molecule has 13 nitrogen and oxygen atoms in total. The normalized spacial score (nSPS) is 21.4. The summed E-state index contributed by atoms with van der Waals surface area (Å²) in [6, 6.07) is 0. The first-order valence-corrected chi connectivity index (χ1v) is 28.3. The first-order chi connectivity index (χ1) is 32.4. The molecule has 1 aliphatic rings. The number of aliphatic hydroxyl groups is 5. The molecule has 0 aliphatic heterocycles. The molecule has 14 heteroatoms. The van der Waals surface area contributed by atoms with Crippen LogP contribution in [0.2, 0.25) is 0 Å². The molecule has 6 N–H and O–H groups in total. The molecule has 8 atom stereocenters. The van der Waals surface area contributed by atoms with E-state index in [0.717, 1.165) is 44.9 Å². The lowest BCUT2D eigenvalue weighted by atomic mass is 9.85. The standard InChI is InChI=1S/C53H97O13P/c1-3-5-7-9-11-13-15-17-19-20-21-22-23-24-25-26-28-29-31-33-35-37-39-41-46(54)63-43-45(44-64-67(61,62)66-53-51(59)49(57)48(56)50(58)52(53)60)65-47(55)42-40-38-36-34-32-30-27-18-16-14-12-10-8-6-4-2/h26,28,30,32-33,35,45,48-53,56-60H,3-25,27,29,31,34,36-44H2,1-2H3,(H,61,62)/b28-26+,32-30+,35-33+/t45-,48?,49-,50?,51?,52?,53?/m0/s1. The van der Waals surface area contributed by atoms with Crippen LogP contribution in [-0.2, 0) is 32.7 Å². The van der Waals surface area contributed by atoms with E-state index < -0.39 is 75.7 Å². The van der Waals surface area contributed by atoms with E-state index >= 15 is 0 Å². The Kier molecular flexibility index (Phi) is 40.4. The maximum absolute atomic E-state index is 12.8. The number of allylic oxidation sites excluding steroid dienone is 6. The van der Waals surface area contributed by atoms with Gasteiger partial charge in [-0.3, -0.25) is 18.6 Å². The third kappa shape index (κ3) is 34.9. The highest BCUT2D eigenvalue weighted by Gasteiger charge is 2.51. The van der Waals surface area contributed by atoms with Crippen molar-refractivity contribution >= 4 is 19.8 Å². The number of hydrogen-bond donors (Lipinski definition) is 6. The fourth-order valence-electron chi connectivity index (χ4n) is 8.13. The molecule has 0 aromatic carbocycles. The van der Waals surface area contributed by atoms with Gasteiger partial charge >= 0.3 is 19.8 Å². The van der Waals surface area contributed by atoms with Gasteiger partial charge in [0.25, 0.3) is 0 Å². The maximum atomic E-state index is 12.8. The average molecular weight is 973 g/mol. The zero-order valence-corrected chi connectivity index (χ0v) is 42.8. The molecule has 0 spiro atoms. The minimum atomic E-state index is -5.13. The van der Waals surface area contributed by atoms with E-state index in [1.54, 1.807) is 0 Å². The summed E-state index contributed by atoms with van der Waals surface area (Å²) in [5.74, 6) is -1.16. The van der Waals surface area contributed by atoms with Crippen LogP contribution in [0.3, 0.4) is 0 Å². The number of ether oxygens (including phenoxy) is 2. The van der Waals surface area contributed by atoms with Crippen LogP contribution in [0.15, 0.2) is 36.5 Å². The second kappa shape index (κ2) is 42.9. The van der Waals surface area contributed by atoms with Crippen molar-refractivity contribution in [1.82, 2.24) is 0 Å². The molecule has 0 amide bonds. The lowest BCUT2D eigenvalue weighted by Crippen LogP contribution is -2.64. The summed E-state index contributed by atoms with van der Waals surface area (Å²) in [6.07, 6.45) is 37.9. The summed E-state index contributed by atoms with van der Waals surface area (Å²) in [5, 5.41) is 50.3. The topological polar surface area (TPSA) is 210 Å². The number of hydrogen-bond acceptors (Lipinski definition) is 12. The molecule has 1 saturated carbocycles. The fourth-order valence-corrected chi connectivity index (χ4v) is 9.10. The molecular formula is C53H97O13P.